The molecule has 0 amide bonds. The van der Waals surface area contributed by atoms with Gasteiger partial charge in [-0.2, -0.15) is 0 Å². The van der Waals surface area contributed by atoms with Crippen LogP contribution in [0.3, 0.4) is 0 Å². The molecule has 4 N–H and O–H groups in total. The molecule has 4 nitrogen and oxygen atoms in total. The zero-order chi connectivity index (χ0) is 12.3. The summed E-state index contributed by atoms with van der Waals surface area (Å²) >= 11 is 0. The predicted octanol–water partition coefficient (Wildman–Crippen LogP) is 2.42. The van der Waals surface area contributed by atoms with Gasteiger partial charge in [0.05, 0.1) is 11.3 Å². The molecule has 0 aliphatic carbocycles. The molecule has 0 radical (unpaired) electrons. The number of nitrogens with one attached hydrogen (secondary N) is 1. The van der Waals surface area contributed by atoms with Crippen molar-refractivity contribution in [3.05, 3.63) is 23.8 Å². The average Bonchev–Trinajstić information content (AvgIpc) is 2.13. The normalized spacial score (nSPS) is 11.2. The first kappa shape index (κ1) is 12.4. The molecule has 0 saturated heterocycles. The van der Waals surface area contributed by atoms with E-state index in [-0.39, 0.29) is 11.0 Å². The third-order valence-corrected chi connectivity index (χ3v) is 2.08. The molecule has 0 aromatic heterocycles. The van der Waals surface area contributed by atoms with Crippen LogP contribution in [0.15, 0.2) is 18.2 Å². The smallest absolute Gasteiger partial charge is 0.337 e. The second-order valence-electron chi connectivity index (χ2n) is 5.02. The molecule has 1 aromatic carbocycles. The number of hydrogen-bond acceptors (Lipinski definition) is 3. The fourth-order valence-electron chi connectivity index (χ4n) is 1.26. The van der Waals surface area contributed by atoms with Gasteiger partial charge < -0.3 is 16.2 Å². The number of carboxylic acid groups (broad SMARTS) is 1. The van der Waals surface area contributed by atoms with Crippen LogP contribution in [0, 0.1) is 5.41 Å². The number of hydrogen-bond donors (Lipinski definition) is 3. The quantitative estimate of drug-likeness (QED) is 0.686. The minimum atomic E-state index is -0.948. The number of aromatic carboxylic acids is 1. The Bertz CT molecular complexity index is 394. The number of benzene rings is 1. The highest BCUT2D eigenvalue weighted by atomic mass is 16.4. The van der Waals surface area contributed by atoms with E-state index >= 15 is 0 Å². The first-order valence-corrected chi connectivity index (χ1v) is 5.16. The Hall–Kier alpha value is -1.71. The maximum Gasteiger partial charge on any atom is 0.337 e. The Labute approximate surface area is 95.5 Å². The van der Waals surface area contributed by atoms with Crippen LogP contribution in [0.4, 0.5) is 11.4 Å². The van der Waals surface area contributed by atoms with Gasteiger partial charge in [0, 0.05) is 12.2 Å². The fourth-order valence-corrected chi connectivity index (χ4v) is 1.26. The van der Waals surface area contributed by atoms with Crippen molar-refractivity contribution in [1.82, 2.24) is 0 Å². The van der Waals surface area contributed by atoms with Crippen molar-refractivity contribution in [2.45, 2.75) is 20.8 Å². The maximum atomic E-state index is 11.0. The van der Waals surface area contributed by atoms with Gasteiger partial charge in [0.25, 0.3) is 0 Å². The van der Waals surface area contributed by atoms with Crippen LogP contribution in [-0.2, 0) is 0 Å². The second kappa shape index (κ2) is 4.43. The molecule has 0 saturated carbocycles. The molecule has 4 heteroatoms. The number of rotatable bonds is 3. The number of anilines is 2. The van der Waals surface area contributed by atoms with Gasteiger partial charge in [0.2, 0.25) is 0 Å². The van der Waals surface area contributed by atoms with E-state index in [4.69, 9.17) is 10.8 Å². The van der Waals surface area contributed by atoms with Crippen molar-refractivity contribution < 1.29 is 9.90 Å². The molecule has 88 valence electrons. The van der Waals surface area contributed by atoms with Gasteiger partial charge in [-0.15, -0.1) is 0 Å². The summed E-state index contributed by atoms with van der Waals surface area (Å²) in [5.41, 5.74) is 7.09. The van der Waals surface area contributed by atoms with Crippen LogP contribution >= 0.6 is 0 Å². The predicted molar refractivity (Wildman–Crippen MR) is 65.8 cm³/mol. The zero-order valence-electron chi connectivity index (χ0n) is 9.87. The minimum absolute atomic E-state index is 0.0837. The topological polar surface area (TPSA) is 75.3 Å². The van der Waals surface area contributed by atoms with Gasteiger partial charge in [0.1, 0.15) is 0 Å². The summed E-state index contributed by atoms with van der Waals surface area (Å²) in [6.45, 7) is 6.92. The van der Waals surface area contributed by atoms with Gasteiger partial charge in [0.15, 0.2) is 0 Å². The van der Waals surface area contributed by atoms with Crippen LogP contribution in [0.2, 0.25) is 0 Å². The standard InChI is InChI=1S/C12H18N2O2/c1-12(2,3)7-14-10-6-8(13)4-5-9(10)11(15)16/h4-6,14H,7,13H2,1-3H3,(H,15,16). The monoisotopic (exact) mass is 222 g/mol. The molecule has 0 heterocycles. The van der Waals surface area contributed by atoms with Crippen molar-refractivity contribution in [3.63, 3.8) is 0 Å². The minimum Gasteiger partial charge on any atom is -0.478 e. The summed E-state index contributed by atoms with van der Waals surface area (Å²) in [5, 5.41) is 12.1. The van der Waals surface area contributed by atoms with Crippen LogP contribution in [0.1, 0.15) is 31.1 Å². The van der Waals surface area contributed by atoms with Crippen molar-refractivity contribution in [2.24, 2.45) is 5.41 Å². The molecule has 0 aliphatic heterocycles. The Kier molecular flexibility index (Phi) is 3.42. The molecular weight excluding hydrogens is 204 g/mol. The van der Waals surface area contributed by atoms with E-state index in [9.17, 15) is 4.79 Å². The Morgan fingerprint density at radius 3 is 2.56 bits per heavy atom. The van der Waals surface area contributed by atoms with Crippen LogP contribution in [0.25, 0.3) is 0 Å². The zero-order valence-corrected chi connectivity index (χ0v) is 9.87. The largest absolute Gasteiger partial charge is 0.478 e. The van der Waals surface area contributed by atoms with Crippen LogP contribution in [-0.4, -0.2) is 17.6 Å². The van der Waals surface area contributed by atoms with Gasteiger partial charge in [-0.05, 0) is 23.6 Å². The van der Waals surface area contributed by atoms with E-state index in [0.717, 1.165) is 0 Å². The number of carboxylic acids is 1. The van der Waals surface area contributed by atoms with Gasteiger partial charge in [-0.25, -0.2) is 4.79 Å². The average molecular weight is 222 g/mol. The highest BCUT2D eigenvalue weighted by Crippen LogP contribution is 2.21. The van der Waals surface area contributed by atoms with E-state index in [2.05, 4.69) is 26.1 Å². The molecule has 0 unspecified atom stereocenters. The number of nitrogens with two attached hydrogens (primary N) is 1. The van der Waals surface area contributed by atoms with E-state index in [1.807, 2.05) is 0 Å². The van der Waals surface area contributed by atoms with Crippen LogP contribution < -0.4 is 11.1 Å². The van der Waals surface area contributed by atoms with Crippen molar-refractivity contribution in [2.75, 3.05) is 17.6 Å². The SMILES string of the molecule is CC(C)(C)CNc1cc(N)ccc1C(=O)O. The van der Waals surface area contributed by atoms with Crippen molar-refractivity contribution >= 4 is 17.3 Å². The van der Waals surface area contributed by atoms with Crippen LogP contribution in [0.5, 0.6) is 0 Å². The molecule has 0 fully saturated rings. The highest BCUT2D eigenvalue weighted by Gasteiger charge is 2.14. The summed E-state index contributed by atoms with van der Waals surface area (Å²) in [4.78, 5) is 11.0. The highest BCUT2D eigenvalue weighted by molar-refractivity contribution is 5.95. The molecular formula is C12H18N2O2. The van der Waals surface area contributed by atoms with Gasteiger partial charge >= 0.3 is 5.97 Å². The molecule has 0 aliphatic rings. The molecule has 0 atom stereocenters. The lowest BCUT2D eigenvalue weighted by atomic mass is 9.96. The van der Waals surface area contributed by atoms with Gasteiger partial charge in [-0.3, -0.25) is 0 Å². The lowest BCUT2D eigenvalue weighted by molar-refractivity contribution is 0.0698. The Morgan fingerprint density at radius 1 is 1.44 bits per heavy atom. The summed E-state index contributed by atoms with van der Waals surface area (Å²) in [6, 6.07) is 4.75. The molecule has 1 rings (SSSR count). The maximum absolute atomic E-state index is 11.0. The molecule has 16 heavy (non-hydrogen) atoms. The van der Waals surface area contributed by atoms with E-state index in [1.54, 1.807) is 12.1 Å². The first-order valence-electron chi connectivity index (χ1n) is 5.16. The van der Waals surface area contributed by atoms with E-state index in [1.165, 1.54) is 6.07 Å². The number of carbonyl (C=O) groups is 1. The van der Waals surface area contributed by atoms with Gasteiger partial charge in [-0.1, -0.05) is 20.8 Å². The van der Waals surface area contributed by atoms with E-state index in [0.29, 0.717) is 17.9 Å². The summed E-state index contributed by atoms with van der Waals surface area (Å²) in [7, 11) is 0. The third-order valence-electron chi connectivity index (χ3n) is 2.08. The van der Waals surface area contributed by atoms with E-state index < -0.39 is 5.97 Å². The molecule has 0 bridgehead atoms. The first-order chi connectivity index (χ1) is 7.29. The van der Waals surface area contributed by atoms with Crippen molar-refractivity contribution in [3.8, 4) is 0 Å². The third kappa shape index (κ3) is 3.46. The lowest BCUT2D eigenvalue weighted by Gasteiger charge is -2.20. The summed E-state index contributed by atoms with van der Waals surface area (Å²) in [6.07, 6.45) is 0. The molecule has 1 aromatic rings. The Balaban J connectivity index is 2.93. The Morgan fingerprint density at radius 2 is 2.06 bits per heavy atom. The fraction of sp³-hybridized carbons (Fsp3) is 0.417. The van der Waals surface area contributed by atoms with Crippen molar-refractivity contribution in [1.29, 1.82) is 0 Å². The number of nitrogen functional groups attached to an aromatic ring is 1. The lowest BCUT2D eigenvalue weighted by Crippen LogP contribution is -2.20. The summed E-state index contributed by atoms with van der Waals surface area (Å²) in [5.74, 6) is -0.948. The summed E-state index contributed by atoms with van der Waals surface area (Å²) < 4.78 is 0. The second-order valence-corrected chi connectivity index (χ2v) is 5.02. The molecule has 0 spiro atoms.